The van der Waals surface area contributed by atoms with Gasteiger partial charge in [-0.2, -0.15) is 4.31 Å². The lowest BCUT2D eigenvalue weighted by atomic mass is 10.1. The molecule has 3 rings (SSSR count). The van der Waals surface area contributed by atoms with Gasteiger partial charge in [0, 0.05) is 13.1 Å². The Bertz CT molecular complexity index is 993. The van der Waals surface area contributed by atoms with Crippen LogP contribution < -0.4 is 5.32 Å². The summed E-state index contributed by atoms with van der Waals surface area (Å²) in [7, 11) is -3.66. The second kappa shape index (κ2) is 8.41. The average molecular weight is 441 g/mol. The van der Waals surface area contributed by atoms with Crippen LogP contribution in [-0.2, 0) is 10.0 Å². The van der Waals surface area contributed by atoms with Gasteiger partial charge in [0.1, 0.15) is 0 Å². The van der Waals surface area contributed by atoms with Crippen molar-refractivity contribution < 1.29 is 13.2 Å². The highest BCUT2D eigenvalue weighted by atomic mass is 35.5. The van der Waals surface area contributed by atoms with Gasteiger partial charge >= 0.3 is 0 Å². The van der Waals surface area contributed by atoms with Crippen LogP contribution in [0.3, 0.4) is 0 Å². The lowest BCUT2D eigenvalue weighted by Gasteiger charge is -2.26. The number of hydrogen-bond donors (Lipinski definition) is 1. The van der Waals surface area contributed by atoms with E-state index in [-0.39, 0.29) is 15.5 Å². The van der Waals surface area contributed by atoms with E-state index in [1.54, 1.807) is 6.07 Å². The number of benzene rings is 2. The fourth-order valence-electron chi connectivity index (χ4n) is 3.35. The predicted octanol–water partition coefficient (Wildman–Crippen LogP) is 5.04. The van der Waals surface area contributed by atoms with Crippen molar-refractivity contribution in [2.45, 2.75) is 38.0 Å². The van der Waals surface area contributed by atoms with E-state index in [1.165, 1.54) is 22.5 Å². The Balaban J connectivity index is 1.92. The van der Waals surface area contributed by atoms with E-state index in [4.69, 9.17) is 23.2 Å². The molecule has 1 fully saturated rings. The Morgan fingerprint density at radius 3 is 2.32 bits per heavy atom. The Morgan fingerprint density at radius 1 is 1.00 bits per heavy atom. The highest BCUT2D eigenvalue weighted by molar-refractivity contribution is 7.89. The van der Waals surface area contributed by atoms with E-state index in [0.717, 1.165) is 30.4 Å². The van der Waals surface area contributed by atoms with E-state index in [2.05, 4.69) is 5.32 Å². The molecule has 0 spiro atoms. The molecule has 1 amide bonds. The monoisotopic (exact) mass is 440 g/mol. The molecule has 1 heterocycles. The molecule has 5 nitrogen and oxygen atoms in total. The van der Waals surface area contributed by atoms with E-state index in [9.17, 15) is 13.2 Å². The predicted molar refractivity (Wildman–Crippen MR) is 113 cm³/mol. The third-order valence-corrected chi connectivity index (χ3v) is 7.33. The van der Waals surface area contributed by atoms with Crippen LogP contribution in [0.1, 0.15) is 40.7 Å². The van der Waals surface area contributed by atoms with Crippen molar-refractivity contribution in [3.8, 4) is 0 Å². The van der Waals surface area contributed by atoms with Crippen LogP contribution in [0.15, 0.2) is 35.2 Å². The maximum absolute atomic E-state index is 12.9. The molecule has 150 valence electrons. The molecule has 0 radical (unpaired) electrons. The first-order valence-electron chi connectivity index (χ1n) is 9.08. The largest absolute Gasteiger partial charge is 0.320 e. The molecule has 0 bridgehead atoms. The van der Waals surface area contributed by atoms with E-state index >= 15 is 0 Å². The highest BCUT2D eigenvalue weighted by Crippen LogP contribution is 2.30. The maximum atomic E-state index is 12.9. The summed E-state index contributed by atoms with van der Waals surface area (Å²) in [6, 6.07) is 7.87. The third-order valence-electron chi connectivity index (χ3n) is 4.81. The molecular formula is C20H22Cl2N2O3S. The molecule has 0 aromatic heterocycles. The molecule has 1 aliphatic heterocycles. The average Bonchev–Trinajstić information content (AvgIpc) is 2.65. The van der Waals surface area contributed by atoms with Gasteiger partial charge < -0.3 is 5.32 Å². The Labute approximate surface area is 175 Å². The molecule has 0 atom stereocenters. The number of anilines is 1. The van der Waals surface area contributed by atoms with E-state index in [1.807, 2.05) is 19.9 Å². The van der Waals surface area contributed by atoms with Gasteiger partial charge in [-0.1, -0.05) is 35.7 Å². The van der Waals surface area contributed by atoms with Crippen molar-refractivity contribution in [2.75, 3.05) is 18.4 Å². The Morgan fingerprint density at radius 2 is 1.68 bits per heavy atom. The van der Waals surface area contributed by atoms with Crippen LogP contribution in [0.4, 0.5) is 5.69 Å². The van der Waals surface area contributed by atoms with Gasteiger partial charge in [0.25, 0.3) is 5.91 Å². The number of hydrogen-bond acceptors (Lipinski definition) is 3. The molecule has 8 heteroatoms. The van der Waals surface area contributed by atoms with Gasteiger partial charge in [-0.25, -0.2) is 8.42 Å². The molecule has 1 saturated heterocycles. The summed E-state index contributed by atoms with van der Waals surface area (Å²) in [4.78, 5) is 12.9. The van der Waals surface area contributed by atoms with Crippen LogP contribution >= 0.6 is 23.2 Å². The quantitative estimate of drug-likeness (QED) is 0.723. The van der Waals surface area contributed by atoms with E-state index < -0.39 is 15.9 Å². The van der Waals surface area contributed by atoms with Gasteiger partial charge in [0.05, 0.1) is 26.2 Å². The van der Waals surface area contributed by atoms with Gasteiger partial charge in [0.2, 0.25) is 10.0 Å². The van der Waals surface area contributed by atoms with Crippen molar-refractivity contribution in [2.24, 2.45) is 0 Å². The Hall–Kier alpha value is -1.60. The summed E-state index contributed by atoms with van der Waals surface area (Å²) in [5, 5.41) is 3.35. The molecule has 2 aromatic rings. The van der Waals surface area contributed by atoms with Crippen LogP contribution in [-0.4, -0.2) is 31.7 Å². The first-order chi connectivity index (χ1) is 13.2. The number of carbonyl (C=O) groups excluding carboxylic acids is 1. The van der Waals surface area contributed by atoms with Crippen molar-refractivity contribution in [1.29, 1.82) is 0 Å². The van der Waals surface area contributed by atoms with Crippen molar-refractivity contribution in [3.63, 3.8) is 0 Å². The minimum atomic E-state index is -3.66. The number of nitrogens with one attached hydrogen (secondary N) is 1. The molecule has 0 unspecified atom stereocenters. The zero-order chi connectivity index (χ0) is 20.5. The first-order valence-corrected chi connectivity index (χ1v) is 11.3. The zero-order valence-corrected chi connectivity index (χ0v) is 18.1. The molecular weight excluding hydrogens is 419 g/mol. The van der Waals surface area contributed by atoms with Crippen molar-refractivity contribution >= 4 is 44.8 Å². The minimum Gasteiger partial charge on any atom is -0.320 e. The standard InChI is InChI=1S/C20H22Cl2N2O3S/c1-13-10-14(2)19(18(22)11-13)23-20(25)16-12-15(6-7-17(16)21)28(26,27)24-8-4-3-5-9-24/h6-7,10-12H,3-5,8-9H2,1-2H3,(H,23,25). The fourth-order valence-corrected chi connectivity index (χ4v) is 5.46. The van der Waals surface area contributed by atoms with Gasteiger partial charge in [-0.3, -0.25) is 4.79 Å². The summed E-state index contributed by atoms with van der Waals surface area (Å²) in [5.74, 6) is -0.505. The Kier molecular flexibility index (Phi) is 6.34. The van der Waals surface area contributed by atoms with Crippen LogP contribution in [0.25, 0.3) is 0 Å². The number of rotatable bonds is 4. The van der Waals surface area contributed by atoms with Gasteiger partial charge in [-0.05, 0) is 62.1 Å². The van der Waals surface area contributed by atoms with Crippen LogP contribution in [0.5, 0.6) is 0 Å². The number of halogens is 2. The minimum absolute atomic E-state index is 0.0654. The summed E-state index contributed by atoms with van der Waals surface area (Å²) in [6.45, 7) is 4.74. The molecule has 0 aliphatic carbocycles. The summed E-state index contributed by atoms with van der Waals surface area (Å²) >= 11 is 12.5. The number of aryl methyl sites for hydroxylation is 2. The van der Waals surface area contributed by atoms with Gasteiger partial charge in [-0.15, -0.1) is 0 Å². The van der Waals surface area contributed by atoms with Gasteiger partial charge in [0.15, 0.2) is 0 Å². The number of amides is 1. The molecule has 2 aromatic carbocycles. The molecule has 28 heavy (non-hydrogen) atoms. The van der Waals surface area contributed by atoms with Crippen LogP contribution in [0.2, 0.25) is 10.0 Å². The lowest BCUT2D eigenvalue weighted by molar-refractivity contribution is 0.102. The van der Waals surface area contributed by atoms with Crippen LogP contribution in [0, 0.1) is 13.8 Å². The molecule has 1 aliphatic rings. The van der Waals surface area contributed by atoms with E-state index in [0.29, 0.717) is 23.8 Å². The third kappa shape index (κ3) is 4.35. The normalized spacial score (nSPS) is 15.4. The summed E-state index contributed by atoms with van der Waals surface area (Å²) in [6.07, 6.45) is 2.70. The maximum Gasteiger partial charge on any atom is 0.257 e. The summed E-state index contributed by atoms with van der Waals surface area (Å²) < 4.78 is 27.3. The highest BCUT2D eigenvalue weighted by Gasteiger charge is 2.27. The van der Waals surface area contributed by atoms with Crippen molar-refractivity contribution in [1.82, 2.24) is 4.31 Å². The second-order valence-electron chi connectivity index (χ2n) is 7.00. The number of carbonyl (C=O) groups is 1. The lowest BCUT2D eigenvalue weighted by Crippen LogP contribution is -2.35. The topological polar surface area (TPSA) is 66.5 Å². The first kappa shape index (κ1) is 21.1. The number of sulfonamides is 1. The SMILES string of the molecule is Cc1cc(C)c(NC(=O)c2cc(S(=O)(=O)N3CCCCC3)ccc2Cl)c(Cl)c1. The fraction of sp³-hybridized carbons (Fsp3) is 0.350. The molecule has 0 saturated carbocycles. The van der Waals surface area contributed by atoms with Crippen molar-refractivity contribution in [3.05, 3.63) is 57.1 Å². The zero-order valence-electron chi connectivity index (χ0n) is 15.8. The smallest absolute Gasteiger partial charge is 0.257 e. The number of nitrogens with zero attached hydrogens (tertiary/aromatic N) is 1. The number of piperidine rings is 1. The molecule has 1 N–H and O–H groups in total. The summed E-state index contributed by atoms with van der Waals surface area (Å²) in [5.41, 5.74) is 2.37. The second-order valence-corrected chi connectivity index (χ2v) is 9.75.